The van der Waals surface area contributed by atoms with Crippen molar-refractivity contribution >= 4 is 11.9 Å². The second-order valence-electron chi connectivity index (χ2n) is 4.73. The first-order valence-corrected chi connectivity index (χ1v) is 7.02. The summed E-state index contributed by atoms with van der Waals surface area (Å²) in [5.41, 5.74) is 0. The molecule has 122 valence electrons. The van der Waals surface area contributed by atoms with Crippen LogP contribution in [0.3, 0.4) is 0 Å². The summed E-state index contributed by atoms with van der Waals surface area (Å²) in [6.45, 7) is 0.332. The molecule has 0 spiro atoms. The molecule has 6 nitrogen and oxygen atoms in total. The van der Waals surface area contributed by atoms with Crippen LogP contribution in [0.1, 0.15) is 29.2 Å². The molecule has 23 heavy (non-hydrogen) atoms. The van der Waals surface area contributed by atoms with Crippen molar-refractivity contribution in [2.45, 2.75) is 19.4 Å². The smallest absolute Gasteiger partial charge is 0.371 e. The van der Waals surface area contributed by atoms with Crippen molar-refractivity contribution in [1.82, 2.24) is 5.32 Å². The molecular weight excluding hydrogens is 305 g/mol. The predicted octanol–water partition coefficient (Wildman–Crippen LogP) is 2.59. The molecule has 0 atom stereocenters. The molecule has 0 aliphatic rings. The number of hydrogen-bond acceptors (Lipinski definition) is 4. The standard InChI is InChI=1S/C16H16FNO5/c17-12-4-1-2-5-13(12)22-9-3-6-15(19)18-10-11-7-8-14(23-11)16(20)21/h1-2,4-5,7-8H,3,6,9-10H2,(H,18,19)(H,20,21). The lowest BCUT2D eigenvalue weighted by atomic mass is 10.3. The number of carboxylic acid groups (broad SMARTS) is 1. The zero-order valence-corrected chi connectivity index (χ0v) is 12.3. The Morgan fingerprint density at radius 2 is 2.00 bits per heavy atom. The molecule has 0 unspecified atom stereocenters. The first-order valence-electron chi connectivity index (χ1n) is 7.02. The van der Waals surface area contributed by atoms with Gasteiger partial charge in [-0.1, -0.05) is 12.1 Å². The van der Waals surface area contributed by atoms with E-state index in [4.69, 9.17) is 14.3 Å². The molecule has 2 N–H and O–H groups in total. The molecule has 0 aliphatic heterocycles. The van der Waals surface area contributed by atoms with Gasteiger partial charge in [-0.15, -0.1) is 0 Å². The second kappa shape index (κ2) is 7.98. The van der Waals surface area contributed by atoms with Gasteiger partial charge >= 0.3 is 5.97 Å². The van der Waals surface area contributed by atoms with Gasteiger partial charge in [-0.05, 0) is 30.7 Å². The molecule has 1 amide bonds. The lowest BCUT2D eigenvalue weighted by Crippen LogP contribution is -2.22. The maximum Gasteiger partial charge on any atom is 0.371 e. The summed E-state index contributed by atoms with van der Waals surface area (Å²) in [6.07, 6.45) is 0.639. The Bertz CT molecular complexity index is 683. The third-order valence-electron chi connectivity index (χ3n) is 2.97. The van der Waals surface area contributed by atoms with E-state index in [9.17, 15) is 14.0 Å². The summed E-state index contributed by atoms with van der Waals surface area (Å²) in [7, 11) is 0. The number of carbonyl (C=O) groups is 2. The Hall–Kier alpha value is -2.83. The summed E-state index contributed by atoms with van der Waals surface area (Å²) in [5, 5.41) is 11.3. The molecule has 2 aromatic rings. The van der Waals surface area contributed by atoms with E-state index in [0.29, 0.717) is 12.2 Å². The van der Waals surface area contributed by atoms with Gasteiger partial charge in [-0.2, -0.15) is 0 Å². The van der Waals surface area contributed by atoms with Crippen molar-refractivity contribution in [3.8, 4) is 5.75 Å². The van der Waals surface area contributed by atoms with Crippen LogP contribution in [-0.4, -0.2) is 23.6 Å². The van der Waals surface area contributed by atoms with Gasteiger partial charge in [0.25, 0.3) is 0 Å². The van der Waals surface area contributed by atoms with E-state index >= 15 is 0 Å². The molecule has 1 aromatic carbocycles. The topological polar surface area (TPSA) is 88.8 Å². The van der Waals surface area contributed by atoms with E-state index in [0.717, 1.165) is 0 Å². The lowest BCUT2D eigenvalue weighted by molar-refractivity contribution is -0.121. The molecule has 0 fully saturated rings. The van der Waals surface area contributed by atoms with Gasteiger partial charge < -0.3 is 19.6 Å². The van der Waals surface area contributed by atoms with Gasteiger partial charge in [0.2, 0.25) is 11.7 Å². The van der Waals surface area contributed by atoms with E-state index in [2.05, 4.69) is 5.32 Å². The third-order valence-corrected chi connectivity index (χ3v) is 2.97. The molecule has 0 bridgehead atoms. The van der Waals surface area contributed by atoms with Gasteiger partial charge in [0.15, 0.2) is 11.6 Å². The summed E-state index contributed by atoms with van der Waals surface area (Å²) >= 11 is 0. The minimum absolute atomic E-state index is 0.111. The predicted molar refractivity (Wildman–Crippen MR) is 78.6 cm³/mol. The van der Waals surface area contributed by atoms with Crippen LogP contribution in [-0.2, 0) is 11.3 Å². The number of ether oxygens (including phenoxy) is 1. The molecule has 0 saturated heterocycles. The Morgan fingerprint density at radius 1 is 1.22 bits per heavy atom. The Morgan fingerprint density at radius 3 is 2.70 bits per heavy atom. The van der Waals surface area contributed by atoms with Crippen molar-refractivity contribution < 1.29 is 28.2 Å². The third kappa shape index (κ3) is 5.14. The van der Waals surface area contributed by atoms with Crippen LogP contribution in [0.25, 0.3) is 0 Å². The van der Waals surface area contributed by atoms with Crippen LogP contribution in [0.4, 0.5) is 4.39 Å². The normalized spacial score (nSPS) is 10.3. The van der Waals surface area contributed by atoms with Crippen molar-refractivity contribution in [3.63, 3.8) is 0 Å². The Kier molecular flexibility index (Phi) is 5.74. The molecule has 2 rings (SSSR count). The van der Waals surface area contributed by atoms with Crippen LogP contribution < -0.4 is 10.1 Å². The molecular formula is C16H16FNO5. The van der Waals surface area contributed by atoms with Crippen LogP contribution in [0.2, 0.25) is 0 Å². The van der Waals surface area contributed by atoms with Gasteiger partial charge in [-0.25, -0.2) is 9.18 Å². The van der Waals surface area contributed by atoms with Crippen molar-refractivity contribution in [2.24, 2.45) is 0 Å². The Labute approximate surface area is 131 Å². The largest absolute Gasteiger partial charge is 0.491 e. The first-order chi connectivity index (χ1) is 11.1. The molecule has 1 aromatic heterocycles. The lowest BCUT2D eigenvalue weighted by Gasteiger charge is -2.07. The maximum atomic E-state index is 13.3. The van der Waals surface area contributed by atoms with Crippen molar-refractivity contribution in [1.29, 1.82) is 0 Å². The van der Waals surface area contributed by atoms with Crippen LogP contribution >= 0.6 is 0 Å². The van der Waals surface area contributed by atoms with E-state index in [1.807, 2.05) is 0 Å². The fourth-order valence-corrected chi connectivity index (χ4v) is 1.84. The van der Waals surface area contributed by atoms with Crippen LogP contribution in [0.15, 0.2) is 40.8 Å². The van der Waals surface area contributed by atoms with Gasteiger partial charge in [0, 0.05) is 6.42 Å². The number of aromatic carboxylic acids is 1. The fraction of sp³-hybridized carbons (Fsp3) is 0.250. The summed E-state index contributed by atoms with van der Waals surface area (Å²) < 4.78 is 23.5. The fourth-order valence-electron chi connectivity index (χ4n) is 1.84. The highest BCUT2D eigenvalue weighted by atomic mass is 19.1. The number of amides is 1. The molecule has 7 heteroatoms. The summed E-state index contributed by atoms with van der Waals surface area (Å²) in [5.74, 6) is -1.48. The number of halogens is 1. The van der Waals surface area contributed by atoms with E-state index in [-0.39, 0.29) is 37.0 Å². The molecule has 0 radical (unpaired) electrons. The minimum atomic E-state index is -1.16. The molecule has 0 saturated carbocycles. The first kappa shape index (κ1) is 16.5. The number of hydrogen-bond donors (Lipinski definition) is 2. The van der Waals surface area contributed by atoms with Gasteiger partial charge in [-0.3, -0.25) is 4.79 Å². The number of carbonyl (C=O) groups excluding carboxylic acids is 1. The SMILES string of the molecule is O=C(CCCOc1ccccc1F)NCc1ccc(C(=O)O)o1. The number of rotatable bonds is 8. The monoisotopic (exact) mass is 321 g/mol. The van der Waals surface area contributed by atoms with Crippen molar-refractivity contribution in [3.05, 3.63) is 53.7 Å². The number of carboxylic acids is 1. The van der Waals surface area contributed by atoms with Crippen LogP contribution in [0.5, 0.6) is 5.75 Å². The van der Waals surface area contributed by atoms with E-state index in [1.54, 1.807) is 12.1 Å². The van der Waals surface area contributed by atoms with E-state index < -0.39 is 11.8 Å². The number of para-hydroxylation sites is 1. The molecule has 1 heterocycles. The van der Waals surface area contributed by atoms with Crippen molar-refractivity contribution in [2.75, 3.05) is 6.61 Å². The number of furan rings is 1. The highest BCUT2D eigenvalue weighted by Gasteiger charge is 2.10. The molecule has 0 aliphatic carbocycles. The van der Waals surface area contributed by atoms with Gasteiger partial charge in [0.1, 0.15) is 5.76 Å². The second-order valence-corrected chi connectivity index (χ2v) is 4.73. The minimum Gasteiger partial charge on any atom is -0.491 e. The number of nitrogens with one attached hydrogen (secondary N) is 1. The quantitative estimate of drug-likeness (QED) is 0.730. The average molecular weight is 321 g/mol. The van der Waals surface area contributed by atoms with Gasteiger partial charge in [0.05, 0.1) is 13.2 Å². The maximum absolute atomic E-state index is 13.3. The number of benzene rings is 1. The zero-order valence-electron chi connectivity index (χ0n) is 12.3. The van der Waals surface area contributed by atoms with E-state index in [1.165, 1.54) is 24.3 Å². The summed E-state index contributed by atoms with van der Waals surface area (Å²) in [4.78, 5) is 22.3. The highest BCUT2D eigenvalue weighted by molar-refractivity contribution is 5.84. The highest BCUT2D eigenvalue weighted by Crippen LogP contribution is 2.15. The Balaban J connectivity index is 1.65. The van der Waals surface area contributed by atoms with Crippen LogP contribution in [0, 0.1) is 5.82 Å². The zero-order chi connectivity index (χ0) is 16.7. The average Bonchev–Trinajstić information content (AvgIpc) is 3.00. The summed E-state index contributed by atoms with van der Waals surface area (Å²) in [6, 6.07) is 8.88.